The van der Waals surface area contributed by atoms with Crippen molar-refractivity contribution in [3.63, 3.8) is 0 Å². The maximum Gasteiger partial charge on any atom is 0.333 e. The summed E-state index contributed by atoms with van der Waals surface area (Å²) in [5.74, 6) is -2.93. The lowest BCUT2D eigenvalue weighted by Gasteiger charge is -2.27. The van der Waals surface area contributed by atoms with Gasteiger partial charge in [0.15, 0.2) is 5.71 Å². The Morgan fingerprint density at radius 2 is 1.54 bits per heavy atom. The van der Waals surface area contributed by atoms with Crippen molar-refractivity contribution in [2.24, 2.45) is 0 Å². The number of hydroxylamine groups is 2. The minimum Gasteiger partial charge on any atom is -0.344 e. The molecule has 1 unspecified atom stereocenters. The predicted octanol–water partition coefficient (Wildman–Crippen LogP) is 5.07. The molecule has 3 aliphatic rings. The molecule has 0 spiro atoms. The Balaban J connectivity index is 1.51. The van der Waals surface area contributed by atoms with Gasteiger partial charge in [0.2, 0.25) is 5.69 Å². The van der Waals surface area contributed by atoms with Crippen LogP contribution in [0.4, 0.5) is 11.4 Å². The van der Waals surface area contributed by atoms with Crippen LogP contribution in [0.15, 0.2) is 70.1 Å². The minimum absolute atomic E-state index is 0.0133. The third-order valence-electron chi connectivity index (χ3n) is 10.9. The highest BCUT2D eigenvalue weighted by molar-refractivity contribution is 7.94. The van der Waals surface area contributed by atoms with Crippen LogP contribution >= 0.6 is 12.0 Å². The quantitative estimate of drug-likeness (QED) is 0.0242. The number of carbonyl (C=O) groups is 3. The molecule has 0 aliphatic carbocycles. The summed E-state index contributed by atoms with van der Waals surface area (Å²) < 4.78 is 107. The molecule has 0 saturated carbocycles. The highest BCUT2D eigenvalue weighted by Crippen LogP contribution is 2.49. The van der Waals surface area contributed by atoms with E-state index in [4.69, 9.17) is 14.4 Å². The fourth-order valence-electron chi connectivity index (χ4n) is 7.97. The molecule has 0 radical (unpaired) electrons. The molecule has 61 heavy (non-hydrogen) atoms. The van der Waals surface area contributed by atoms with E-state index in [1.54, 1.807) is 24.3 Å². The van der Waals surface area contributed by atoms with E-state index < -0.39 is 70.5 Å². The minimum atomic E-state index is -4.57. The molecule has 4 N–H and O–H groups in total. The number of hydrogen-bond acceptors (Lipinski definition) is 15. The van der Waals surface area contributed by atoms with Gasteiger partial charge < -0.3 is 9.74 Å². The van der Waals surface area contributed by atoms with Crippen LogP contribution in [0.1, 0.15) is 89.7 Å². The van der Waals surface area contributed by atoms with Crippen LogP contribution in [0.5, 0.6) is 0 Å². The molecule has 0 bridgehead atoms. The fraction of sp³-hybridized carbons (Fsp3) is 0.474. The van der Waals surface area contributed by atoms with Crippen molar-refractivity contribution in [1.29, 1.82) is 0 Å². The van der Waals surface area contributed by atoms with Crippen molar-refractivity contribution in [2.45, 2.75) is 99.2 Å². The topological polar surface area (TPSA) is 272 Å². The second kappa shape index (κ2) is 19.1. The molecule has 3 heterocycles. The van der Waals surface area contributed by atoms with E-state index in [-0.39, 0.29) is 50.1 Å². The van der Waals surface area contributed by atoms with Crippen LogP contribution in [-0.2, 0) is 69.8 Å². The molecule has 1 fully saturated rings. The van der Waals surface area contributed by atoms with Gasteiger partial charge >= 0.3 is 5.97 Å². The lowest BCUT2D eigenvalue weighted by Crippen LogP contribution is -2.32. The summed E-state index contributed by atoms with van der Waals surface area (Å²) in [4.78, 5) is 43.3. The first kappa shape index (κ1) is 48.0. The van der Waals surface area contributed by atoms with Gasteiger partial charge in [0.05, 0.1) is 33.9 Å². The molecular weight excluding hydrogens is 883 g/mol. The second-order valence-corrected chi connectivity index (χ2v) is 20.8. The van der Waals surface area contributed by atoms with Gasteiger partial charge in [-0.15, -0.1) is 9.40 Å². The monoisotopic (exact) mass is 930 g/mol. The average Bonchev–Trinajstić information content (AvgIpc) is 3.68. The van der Waals surface area contributed by atoms with E-state index in [9.17, 15) is 53.3 Å². The summed E-state index contributed by atoms with van der Waals surface area (Å²) in [6, 6.07) is 9.44. The van der Waals surface area contributed by atoms with E-state index in [0.29, 0.717) is 64.0 Å². The normalized spacial score (nSPS) is 19.8. The molecule has 23 heteroatoms. The molecule has 0 aromatic heterocycles. The number of imide groups is 1. The van der Waals surface area contributed by atoms with Crippen LogP contribution in [0.2, 0.25) is 0 Å². The lowest BCUT2D eigenvalue weighted by molar-refractivity contribution is -0.437. The van der Waals surface area contributed by atoms with Gasteiger partial charge in [0.1, 0.15) is 6.54 Å². The van der Waals surface area contributed by atoms with Crippen LogP contribution in [0.25, 0.3) is 0 Å². The van der Waals surface area contributed by atoms with Gasteiger partial charge in [-0.05, 0) is 68.2 Å². The molecule has 1 saturated heterocycles. The molecule has 5 rings (SSSR count). The predicted molar refractivity (Wildman–Crippen MR) is 220 cm³/mol. The Morgan fingerprint density at radius 1 is 0.869 bits per heavy atom. The first-order valence-electron chi connectivity index (χ1n) is 19.2. The number of amides is 2. The number of allylic oxidation sites excluding steroid dienone is 4. The van der Waals surface area contributed by atoms with Crippen molar-refractivity contribution >= 4 is 77.3 Å². The Morgan fingerprint density at radius 3 is 2.18 bits per heavy atom. The molecule has 2 amide bonds. The second-order valence-electron chi connectivity index (χ2n) is 15.5. The summed E-state index contributed by atoms with van der Waals surface area (Å²) in [6.45, 7) is 5.91. The van der Waals surface area contributed by atoms with Crippen molar-refractivity contribution < 1.29 is 77.3 Å². The van der Waals surface area contributed by atoms with Crippen LogP contribution in [0, 0.1) is 0 Å². The van der Waals surface area contributed by atoms with E-state index in [0.717, 1.165) is 17.6 Å². The number of nitrogens with zero attached hydrogens (tertiary/aromatic N) is 3. The van der Waals surface area contributed by atoms with Gasteiger partial charge in [0.25, 0.3) is 42.2 Å². The summed E-state index contributed by atoms with van der Waals surface area (Å²) in [6.07, 6.45) is 7.24. The summed E-state index contributed by atoms with van der Waals surface area (Å²) >= 11 is 0.743. The van der Waals surface area contributed by atoms with Crippen LogP contribution < -0.4 is 4.90 Å². The number of carbonyl (C=O) groups excluding carboxylic acids is 3. The van der Waals surface area contributed by atoms with Gasteiger partial charge in [-0.25, -0.2) is 10.1 Å². The van der Waals surface area contributed by atoms with Crippen LogP contribution in [0.3, 0.4) is 0 Å². The standard InChI is InChI=1S/C38H47N3O16S4/c1-37(2)28-25-27(61(52,53)54)14-16-30(28)39(20-8-22-59(46,47)48)32(37)10-7-11-33-38(3,19-6-4-5-12-36(44)55-41-34(42)17-18-35(41)43)29-24-26(58-57-56-45)13-15-31(29)40(33)21-9-23-60(49,50)51/h7,10-11,13-16,24-25H,4-6,8-9,12,17-23H2,1-3H3,(H3-,45,46,47,48,49,50,51,52,53,54)/p+1. The zero-order valence-electron chi connectivity index (χ0n) is 33.6. The molecule has 1 atom stereocenters. The van der Waals surface area contributed by atoms with Gasteiger partial charge in [-0.3, -0.25) is 23.2 Å². The molecule has 2 aromatic rings. The van der Waals surface area contributed by atoms with E-state index in [1.807, 2.05) is 42.4 Å². The van der Waals surface area contributed by atoms with Crippen molar-refractivity contribution in [1.82, 2.24) is 5.06 Å². The maximum atomic E-state index is 12.5. The number of unbranched alkanes of at least 4 members (excludes halogenated alkanes) is 2. The Kier molecular flexibility index (Phi) is 15.1. The fourth-order valence-corrected chi connectivity index (χ4v) is 9.86. The van der Waals surface area contributed by atoms with Crippen molar-refractivity contribution in [3.05, 3.63) is 71.5 Å². The third kappa shape index (κ3) is 11.7. The Hall–Kier alpha value is -4.04. The summed E-state index contributed by atoms with van der Waals surface area (Å²) in [5, 5.41) is 13.1. The number of hydrogen-bond donors (Lipinski definition) is 4. The molecule has 3 aliphatic heterocycles. The highest BCUT2D eigenvalue weighted by Gasteiger charge is 2.48. The van der Waals surface area contributed by atoms with Crippen LogP contribution in [-0.4, -0.2) is 102 Å². The van der Waals surface area contributed by atoms with Gasteiger partial charge in [-0.2, -0.15) is 29.8 Å². The Bertz CT molecular complexity index is 2470. The SMILES string of the molecule is CC1(CCCCCC(=O)ON2C(=O)CCC2=O)C(/C=C/C=C2\N(CCCS(=O)(=O)O)c3ccc(S(=O)(=O)O)cc3C2(C)C)=[N+](CCCS(=O)(=O)O)c2ccc(SOOO)cc21. The van der Waals surface area contributed by atoms with Gasteiger partial charge in [0, 0.05) is 71.6 Å². The summed E-state index contributed by atoms with van der Waals surface area (Å²) in [5.41, 5.74) is 2.24. The largest absolute Gasteiger partial charge is 0.344 e. The first-order valence-corrected chi connectivity index (χ1v) is 24.6. The maximum absolute atomic E-state index is 12.5. The number of anilines is 1. The lowest BCUT2D eigenvalue weighted by atomic mass is 9.75. The van der Waals surface area contributed by atoms with Crippen molar-refractivity contribution in [3.8, 4) is 0 Å². The summed E-state index contributed by atoms with van der Waals surface area (Å²) in [7, 11) is -13.2. The third-order valence-corrected chi connectivity index (χ3v) is 13.9. The molecule has 2 aromatic carbocycles. The Labute approximate surface area is 358 Å². The molecular formula is C38H48N3O16S4+. The van der Waals surface area contributed by atoms with Gasteiger partial charge in [-0.1, -0.05) is 37.8 Å². The molecule has 334 valence electrons. The van der Waals surface area contributed by atoms with E-state index >= 15 is 0 Å². The highest BCUT2D eigenvalue weighted by atomic mass is 32.2. The number of rotatable bonds is 21. The number of benzene rings is 2. The average molecular weight is 931 g/mol. The zero-order valence-corrected chi connectivity index (χ0v) is 36.8. The number of fused-ring (bicyclic) bond motifs is 2. The zero-order chi connectivity index (χ0) is 45.0. The van der Waals surface area contributed by atoms with Crippen molar-refractivity contribution in [2.75, 3.05) is 29.5 Å². The first-order chi connectivity index (χ1) is 28.5. The van der Waals surface area contributed by atoms with E-state index in [1.165, 1.54) is 18.2 Å². The van der Waals surface area contributed by atoms with E-state index in [2.05, 4.69) is 5.04 Å². The smallest absolute Gasteiger partial charge is 0.333 e. The molecule has 19 nitrogen and oxygen atoms in total.